The number of carbonyl (C=O) groups is 1. The Morgan fingerprint density at radius 3 is 2.89 bits per heavy atom. The van der Waals surface area contributed by atoms with Crippen LogP contribution >= 0.6 is 0 Å². The minimum absolute atomic E-state index is 0.132. The minimum Gasteiger partial charge on any atom is -0.396 e. The number of aliphatic hydroxyl groups is 1. The smallest absolute Gasteiger partial charge is 0.241 e. The Morgan fingerprint density at radius 1 is 1.42 bits per heavy atom. The number of aliphatic hydroxyl groups excluding tert-OH is 1. The van der Waals surface area contributed by atoms with E-state index in [4.69, 9.17) is 10.8 Å². The van der Waals surface area contributed by atoms with Crippen molar-refractivity contribution in [3.63, 3.8) is 0 Å². The van der Waals surface area contributed by atoms with Crippen molar-refractivity contribution >= 4 is 11.6 Å². The van der Waals surface area contributed by atoms with Gasteiger partial charge in [0.1, 0.15) is 0 Å². The first-order chi connectivity index (χ1) is 9.17. The predicted octanol–water partition coefficient (Wildman–Crippen LogP) is 2.07. The molecule has 0 spiro atoms. The van der Waals surface area contributed by atoms with E-state index in [1.165, 1.54) is 0 Å². The topological polar surface area (TPSA) is 75.4 Å². The Bertz CT molecular complexity index is 393. The zero-order valence-corrected chi connectivity index (χ0v) is 11.6. The lowest BCUT2D eigenvalue weighted by molar-refractivity contribution is -0.117. The lowest BCUT2D eigenvalue weighted by Crippen LogP contribution is -2.35. The van der Waals surface area contributed by atoms with E-state index < -0.39 is 6.04 Å². The molecule has 0 saturated carbocycles. The number of unbranched alkanes of at least 4 members (excludes halogenated alkanes) is 1. The average Bonchev–Trinajstić information content (AvgIpc) is 2.42. The fourth-order valence-electron chi connectivity index (χ4n) is 1.88. The van der Waals surface area contributed by atoms with Crippen LogP contribution in [-0.4, -0.2) is 23.7 Å². The zero-order chi connectivity index (χ0) is 14.1. The molecule has 0 aliphatic rings. The van der Waals surface area contributed by atoms with Crippen LogP contribution in [0.15, 0.2) is 24.3 Å². The molecule has 0 aliphatic carbocycles. The van der Waals surface area contributed by atoms with Gasteiger partial charge in [0.25, 0.3) is 0 Å². The van der Waals surface area contributed by atoms with Crippen molar-refractivity contribution < 1.29 is 9.90 Å². The van der Waals surface area contributed by atoms with Crippen molar-refractivity contribution in [3.8, 4) is 0 Å². The van der Waals surface area contributed by atoms with Gasteiger partial charge in [0.05, 0.1) is 6.04 Å². The van der Waals surface area contributed by atoms with Gasteiger partial charge in [0, 0.05) is 12.3 Å². The van der Waals surface area contributed by atoms with Crippen molar-refractivity contribution in [3.05, 3.63) is 29.8 Å². The molecule has 4 N–H and O–H groups in total. The molecule has 0 radical (unpaired) electrons. The van der Waals surface area contributed by atoms with Gasteiger partial charge < -0.3 is 16.2 Å². The summed E-state index contributed by atoms with van der Waals surface area (Å²) in [6.07, 6.45) is 4.25. The monoisotopic (exact) mass is 264 g/mol. The van der Waals surface area contributed by atoms with Crippen LogP contribution in [0.2, 0.25) is 0 Å². The summed E-state index contributed by atoms with van der Waals surface area (Å²) in [5.41, 5.74) is 7.70. The molecule has 1 aromatic carbocycles. The first-order valence-corrected chi connectivity index (χ1v) is 6.93. The highest BCUT2D eigenvalue weighted by Crippen LogP contribution is 2.13. The van der Waals surface area contributed by atoms with Gasteiger partial charge in [0.15, 0.2) is 0 Å². The van der Waals surface area contributed by atoms with Gasteiger partial charge >= 0.3 is 0 Å². The van der Waals surface area contributed by atoms with Crippen LogP contribution in [-0.2, 0) is 11.2 Å². The maximum Gasteiger partial charge on any atom is 0.241 e. The zero-order valence-electron chi connectivity index (χ0n) is 11.6. The molecule has 1 rings (SSSR count). The summed E-state index contributed by atoms with van der Waals surface area (Å²) in [6.45, 7) is 2.26. The minimum atomic E-state index is -0.443. The van der Waals surface area contributed by atoms with Crippen LogP contribution in [0.3, 0.4) is 0 Å². The highest BCUT2D eigenvalue weighted by Gasteiger charge is 2.12. The molecule has 0 aliphatic heterocycles. The van der Waals surface area contributed by atoms with E-state index in [0.717, 1.165) is 36.9 Å². The van der Waals surface area contributed by atoms with E-state index in [1.54, 1.807) is 0 Å². The number of amides is 1. The molecule has 1 unspecified atom stereocenters. The molecule has 19 heavy (non-hydrogen) atoms. The van der Waals surface area contributed by atoms with Crippen LogP contribution in [0.1, 0.15) is 38.2 Å². The van der Waals surface area contributed by atoms with E-state index in [-0.39, 0.29) is 12.5 Å². The standard InChI is InChI=1S/C15H24N2O2/c1-2-3-9-14(16)15(19)17-13-8-4-6-12(11-13)7-5-10-18/h4,6,8,11,14,18H,2-3,5,7,9-10,16H2,1H3,(H,17,19). The molecule has 0 aromatic heterocycles. The van der Waals surface area contributed by atoms with Gasteiger partial charge in [-0.2, -0.15) is 0 Å². The van der Waals surface area contributed by atoms with E-state index >= 15 is 0 Å². The van der Waals surface area contributed by atoms with Gasteiger partial charge in [-0.25, -0.2) is 0 Å². The van der Waals surface area contributed by atoms with Crippen molar-refractivity contribution in [2.75, 3.05) is 11.9 Å². The molecule has 0 fully saturated rings. The van der Waals surface area contributed by atoms with Gasteiger partial charge in [0.2, 0.25) is 5.91 Å². The molecule has 1 aromatic rings. The summed E-state index contributed by atoms with van der Waals surface area (Å²) in [6, 6.07) is 7.23. The number of aryl methyl sites for hydroxylation is 1. The second kappa shape index (κ2) is 8.67. The number of rotatable bonds is 8. The van der Waals surface area contributed by atoms with Crippen LogP contribution < -0.4 is 11.1 Å². The van der Waals surface area contributed by atoms with Gasteiger partial charge in [-0.15, -0.1) is 0 Å². The molecule has 0 bridgehead atoms. The lowest BCUT2D eigenvalue weighted by atomic mass is 10.1. The van der Waals surface area contributed by atoms with Gasteiger partial charge in [-0.3, -0.25) is 4.79 Å². The van der Waals surface area contributed by atoms with Crippen LogP contribution in [0.25, 0.3) is 0 Å². The Balaban J connectivity index is 2.53. The predicted molar refractivity (Wildman–Crippen MR) is 78.0 cm³/mol. The van der Waals surface area contributed by atoms with E-state index in [9.17, 15) is 4.79 Å². The fourth-order valence-corrected chi connectivity index (χ4v) is 1.88. The number of carbonyl (C=O) groups excluding carboxylic acids is 1. The Morgan fingerprint density at radius 2 is 2.21 bits per heavy atom. The quantitative estimate of drug-likeness (QED) is 0.673. The van der Waals surface area contributed by atoms with E-state index in [0.29, 0.717) is 6.42 Å². The van der Waals surface area contributed by atoms with E-state index in [1.807, 2.05) is 24.3 Å². The third kappa shape index (κ3) is 5.85. The molecule has 0 heterocycles. The first-order valence-electron chi connectivity index (χ1n) is 6.93. The molecule has 1 atom stereocenters. The summed E-state index contributed by atoms with van der Waals surface area (Å²) < 4.78 is 0. The Hall–Kier alpha value is -1.39. The van der Waals surface area contributed by atoms with E-state index in [2.05, 4.69) is 12.2 Å². The molecule has 106 valence electrons. The maximum atomic E-state index is 11.9. The van der Waals surface area contributed by atoms with Crippen LogP contribution in [0.5, 0.6) is 0 Å². The van der Waals surface area contributed by atoms with Crippen molar-refractivity contribution in [2.24, 2.45) is 5.73 Å². The van der Waals surface area contributed by atoms with Crippen molar-refractivity contribution in [1.82, 2.24) is 0 Å². The second-order valence-corrected chi connectivity index (χ2v) is 4.77. The number of nitrogens with two attached hydrogens (primary N) is 1. The third-order valence-electron chi connectivity index (χ3n) is 3.02. The molecule has 1 amide bonds. The fraction of sp³-hybridized carbons (Fsp3) is 0.533. The number of benzene rings is 1. The number of hydrogen-bond acceptors (Lipinski definition) is 3. The third-order valence-corrected chi connectivity index (χ3v) is 3.02. The Labute approximate surface area is 115 Å². The number of hydrogen-bond donors (Lipinski definition) is 3. The molecule has 4 nitrogen and oxygen atoms in total. The van der Waals surface area contributed by atoms with Crippen LogP contribution in [0, 0.1) is 0 Å². The summed E-state index contributed by atoms with van der Waals surface area (Å²) in [7, 11) is 0. The molecule has 4 heteroatoms. The normalized spacial score (nSPS) is 12.2. The highest BCUT2D eigenvalue weighted by atomic mass is 16.2. The largest absolute Gasteiger partial charge is 0.396 e. The van der Waals surface area contributed by atoms with Gasteiger partial charge in [-0.1, -0.05) is 31.9 Å². The Kier molecular flexibility index (Phi) is 7.15. The maximum absolute atomic E-state index is 11.9. The lowest BCUT2D eigenvalue weighted by Gasteiger charge is -2.12. The number of nitrogens with one attached hydrogen (secondary N) is 1. The van der Waals surface area contributed by atoms with Crippen LogP contribution in [0.4, 0.5) is 5.69 Å². The highest BCUT2D eigenvalue weighted by molar-refractivity contribution is 5.94. The average molecular weight is 264 g/mol. The first kappa shape index (κ1) is 15.7. The number of anilines is 1. The van der Waals surface area contributed by atoms with Crippen molar-refractivity contribution in [2.45, 2.75) is 45.1 Å². The van der Waals surface area contributed by atoms with Gasteiger partial charge in [-0.05, 0) is 37.0 Å². The van der Waals surface area contributed by atoms with Crippen molar-refractivity contribution in [1.29, 1.82) is 0 Å². The molecular formula is C15H24N2O2. The summed E-state index contributed by atoms with van der Waals surface area (Å²) in [5, 5.41) is 11.7. The summed E-state index contributed by atoms with van der Waals surface area (Å²) in [4.78, 5) is 11.9. The summed E-state index contributed by atoms with van der Waals surface area (Å²) >= 11 is 0. The molecular weight excluding hydrogens is 240 g/mol. The SMILES string of the molecule is CCCCC(N)C(=O)Nc1cccc(CCCO)c1. The molecule has 0 saturated heterocycles. The summed E-state index contributed by atoms with van der Waals surface area (Å²) in [5.74, 6) is -0.132. The second-order valence-electron chi connectivity index (χ2n) is 4.77.